The van der Waals surface area contributed by atoms with Crippen LogP contribution in [-0.2, 0) is 18.8 Å². The van der Waals surface area contributed by atoms with Gasteiger partial charge >= 0.3 is 13.1 Å². The molecular formula is C19H27BO4. The van der Waals surface area contributed by atoms with Gasteiger partial charge in [-0.2, -0.15) is 0 Å². The van der Waals surface area contributed by atoms with Gasteiger partial charge in [-0.25, -0.2) is 0 Å². The van der Waals surface area contributed by atoms with Gasteiger partial charge in [-0.15, -0.1) is 0 Å². The maximum atomic E-state index is 11.6. The second-order valence-electron chi connectivity index (χ2n) is 8.09. The summed E-state index contributed by atoms with van der Waals surface area (Å²) in [4.78, 5) is 11.6. The Morgan fingerprint density at radius 3 is 2.29 bits per heavy atom. The van der Waals surface area contributed by atoms with Crippen LogP contribution in [-0.4, -0.2) is 31.4 Å². The van der Waals surface area contributed by atoms with Crippen LogP contribution in [0.15, 0.2) is 18.2 Å². The van der Waals surface area contributed by atoms with Crippen molar-refractivity contribution in [2.45, 2.75) is 64.6 Å². The van der Waals surface area contributed by atoms with Gasteiger partial charge in [0.15, 0.2) is 0 Å². The van der Waals surface area contributed by atoms with Crippen molar-refractivity contribution in [1.82, 2.24) is 0 Å². The quantitative estimate of drug-likeness (QED) is 0.631. The summed E-state index contributed by atoms with van der Waals surface area (Å²) < 4.78 is 17.2. The molecule has 1 heterocycles. The van der Waals surface area contributed by atoms with E-state index in [9.17, 15) is 4.79 Å². The summed E-state index contributed by atoms with van der Waals surface area (Å²) in [5.74, 6) is 0.363. The molecule has 0 aromatic heterocycles. The minimum absolute atomic E-state index is 0.0431. The van der Waals surface area contributed by atoms with Crippen molar-refractivity contribution in [2.75, 3.05) is 7.11 Å². The molecule has 1 aliphatic heterocycles. The molecule has 1 saturated carbocycles. The van der Waals surface area contributed by atoms with Crippen molar-refractivity contribution in [3.63, 3.8) is 0 Å². The predicted molar refractivity (Wildman–Crippen MR) is 94.4 cm³/mol. The number of ether oxygens (including phenoxy) is 1. The average molecular weight is 330 g/mol. The summed E-state index contributed by atoms with van der Waals surface area (Å²) >= 11 is 0. The number of carbonyl (C=O) groups excluding carboxylic acids is 1. The molecule has 1 aliphatic carbocycles. The Bertz CT molecular complexity index is 631. The topological polar surface area (TPSA) is 44.8 Å². The number of aryl methyl sites for hydroxylation is 1. The van der Waals surface area contributed by atoms with Gasteiger partial charge in [0.1, 0.15) is 0 Å². The monoisotopic (exact) mass is 330 g/mol. The number of benzene rings is 1. The van der Waals surface area contributed by atoms with Crippen molar-refractivity contribution >= 4 is 18.6 Å². The van der Waals surface area contributed by atoms with Crippen LogP contribution in [0.2, 0.25) is 0 Å². The summed E-state index contributed by atoms with van der Waals surface area (Å²) in [7, 11) is 1.11. The number of esters is 1. The van der Waals surface area contributed by atoms with Crippen LogP contribution in [0.4, 0.5) is 0 Å². The zero-order valence-electron chi connectivity index (χ0n) is 15.5. The first-order valence-electron chi connectivity index (χ1n) is 8.68. The summed E-state index contributed by atoms with van der Waals surface area (Å²) in [6, 6.07) is 6.47. The minimum atomic E-state index is -0.341. The Morgan fingerprint density at radius 2 is 1.75 bits per heavy atom. The van der Waals surface area contributed by atoms with Gasteiger partial charge in [-0.1, -0.05) is 23.8 Å². The van der Waals surface area contributed by atoms with Crippen LogP contribution in [0.5, 0.6) is 0 Å². The van der Waals surface area contributed by atoms with Gasteiger partial charge in [-0.3, -0.25) is 4.79 Å². The molecule has 1 aromatic rings. The minimum Gasteiger partial charge on any atom is -0.469 e. The van der Waals surface area contributed by atoms with E-state index in [2.05, 4.69) is 52.8 Å². The Kier molecular flexibility index (Phi) is 4.29. The van der Waals surface area contributed by atoms with E-state index in [0.29, 0.717) is 5.92 Å². The molecule has 0 bridgehead atoms. The first kappa shape index (κ1) is 17.5. The fourth-order valence-corrected chi connectivity index (χ4v) is 3.39. The van der Waals surface area contributed by atoms with Crippen molar-refractivity contribution in [2.24, 2.45) is 5.92 Å². The molecule has 1 aromatic carbocycles. The van der Waals surface area contributed by atoms with Crippen molar-refractivity contribution in [3.05, 3.63) is 29.3 Å². The van der Waals surface area contributed by atoms with Gasteiger partial charge in [0.2, 0.25) is 0 Å². The normalized spacial score (nSPS) is 27.7. The molecule has 5 heteroatoms. The molecule has 0 spiro atoms. The van der Waals surface area contributed by atoms with E-state index < -0.39 is 0 Å². The number of hydrogen-bond donors (Lipinski definition) is 0. The Labute approximate surface area is 145 Å². The third kappa shape index (κ3) is 2.88. The predicted octanol–water partition coefficient (Wildman–Crippen LogP) is 2.96. The maximum absolute atomic E-state index is 11.6. The molecular weight excluding hydrogens is 303 g/mol. The molecule has 0 atom stereocenters. The van der Waals surface area contributed by atoms with E-state index >= 15 is 0 Å². The zero-order valence-corrected chi connectivity index (χ0v) is 15.5. The van der Waals surface area contributed by atoms with Crippen molar-refractivity contribution in [3.8, 4) is 0 Å². The average Bonchev–Trinajstić information content (AvgIpc) is 2.67. The van der Waals surface area contributed by atoms with E-state index in [1.165, 1.54) is 18.2 Å². The number of hydrogen-bond acceptors (Lipinski definition) is 4. The van der Waals surface area contributed by atoms with E-state index in [1.807, 2.05) is 0 Å². The summed E-state index contributed by atoms with van der Waals surface area (Å²) in [5.41, 5.74) is 2.83. The second kappa shape index (κ2) is 5.89. The smallest absolute Gasteiger partial charge is 0.469 e. The highest BCUT2D eigenvalue weighted by molar-refractivity contribution is 6.62. The lowest BCUT2D eigenvalue weighted by atomic mass is 9.68. The van der Waals surface area contributed by atoms with Gasteiger partial charge < -0.3 is 14.0 Å². The third-order valence-electron chi connectivity index (χ3n) is 5.95. The molecule has 0 amide bonds. The fraction of sp³-hybridized carbons (Fsp3) is 0.632. The molecule has 2 fully saturated rings. The summed E-state index contributed by atoms with van der Waals surface area (Å²) in [6.07, 6.45) is 1.72. The zero-order chi connectivity index (χ0) is 17.7. The molecule has 1 saturated heterocycles. The number of rotatable bonds is 3. The number of methoxy groups -OCH3 is 1. The van der Waals surface area contributed by atoms with Crippen LogP contribution in [0.25, 0.3) is 0 Å². The molecule has 4 nitrogen and oxygen atoms in total. The third-order valence-corrected chi connectivity index (χ3v) is 5.95. The Morgan fingerprint density at radius 1 is 1.17 bits per heavy atom. The number of carbonyl (C=O) groups is 1. The van der Waals surface area contributed by atoms with Crippen LogP contribution in [0, 0.1) is 12.8 Å². The van der Waals surface area contributed by atoms with Gasteiger partial charge in [0.25, 0.3) is 0 Å². The standard InChI is InChI=1S/C19H27BO4/c1-12-7-8-13(14-9-15(10-14)17(21)22-6)11-16(12)20-23-18(2,3)19(4,5)24-20/h7-8,11,14-15H,9-10H2,1-6H3/t14-,15+. The molecule has 24 heavy (non-hydrogen) atoms. The Hall–Kier alpha value is -1.33. The first-order chi connectivity index (χ1) is 11.1. The summed E-state index contributed by atoms with van der Waals surface area (Å²) in [5, 5.41) is 0. The largest absolute Gasteiger partial charge is 0.495 e. The first-order valence-corrected chi connectivity index (χ1v) is 8.68. The van der Waals surface area contributed by atoms with E-state index in [1.54, 1.807) is 0 Å². The van der Waals surface area contributed by atoms with Gasteiger partial charge in [0, 0.05) is 0 Å². The maximum Gasteiger partial charge on any atom is 0.495 e. The summed E-state index contributed by atoms with van der Waals surface area (Å²) in [6.45, 7) is 10.4. The molecule has 0 N–H and O–H groups in total. The van der Waals surface area contributed by atoms with E-state index in [4.69, 9.17) is 14.0 Å². The second-order valence-corrected chi connectivity index (χ2v) is 8.09. The van der Waals surface area contributed by atoms with E-state index in [-0.39, 0.29) is 30.2 Å². The molecule has 0 unspecified atom stereocenters. The Balaban J connectivity index is 1.78. The lowest BCUT2D eigenvalue weighted by Gasteiger charge is -2.34. The fourth-order valence-electron chi connectivity index (χ4n) is 3.39. The molecule has 130 valence electrons. The highest BCUT2D eigenvalue weighted by Gasteiger charge is 2.52. The molecule has 3 rings (SSSR count). The highest BCUT2D eigenvalue weighted by atomic mass is 16.7. The lowest BCUT2D eigenvalue weighted by Crippen LogP contribution is -2.41. The van der Waals surface area contributed by atoms with Crippen LogP contribution < -0.4 is 5.46 Å². The lowest BCUT2D eigenvalue weighted by molar-refractivity contribution is -0.148. The van der Waals surface area contributed by atoms with Crippen LogP contribution >= 0.6 is 0 Å². The van der Waals surface area contributed by atoms with Crippen molar-refractivity contribution < 1.29 is 18.8 Å². The van der Waals surface area contributed by atoms with Crippen LogP contribution in [0.1, 0.15) is 57.6 Å². The molecule has 2 aliphatic rings. The SMILES string of the molecule is COC(=O)[C@H]1C[C@@H](c2ccc(C)c(B3OC(C)(C)C(C)(C)O3)c2)C1. The van der Waals surface area contributed by atoms with Crippen LogP contribution in [0.3, 0.4) is 0 Å². The van der Waals surface area contributed by atoms with E-state index in [0.717, 1.165) is 18.3 Å². The molecule has 0 radical (unpaired) electrons. The van der Waals surface area contributed by atoms with Gasteiger partial charge in [0.05, 0.1) is 24.2 Å². The van der Waals surface area contributed by atoms with Crippen molar-refractivity contribution in [1.29, 1.82) is 0 Å². The highest BCUT2D eigenvalue weighted by Crippen LogP contribution is 2.42. The van der Waals surface area contributed by atoms with Gasteiger partial charge in [-0.05, 0) is 64.4 Å².